The van der Waals surface area contributed by atoms with E-state index in [2.05, 4.69) is 11.2 Å². The monoisotopic (exact) mass is 220 g/mol. The highest BCUT2D eigenvalue weighted by Gasteiger charge is 2.27. The zero-order valence-electron chi connectivity index (χ0n) is 9.26. The molecule has 86 valence electrons. The number of nitrogens with zero attached hydrogens (tertiary/aromatic N) is 1. The van der Waals surface area contributed by atoms with Crippen molar-refractivity contribution in [2.75, 3.05) is 0 Å². The van der Waals surface area contributed by atoms with Gasteiger partial charge in [0.25, 0.3) is 0 Å². The summed E-state index contributed by atoms with van der Waals surface area (Å²) in [6.07, 6.45) is 2.03. The van der Waals surface area contributed by atoms with Gasteiger partial charge in [-0.2, -0.15) is 0 Å². The van der Waals surface area contributed by atoms with Gasteiger partial charge < -0.3 is 15.7 Å². The Hall–Kier alpha value is -1.71. The topological polar surface area (TPSA) is 67.8 Å². The van der Waals surface area contributed by atoms with Gasteiger partial charge in [-0.1, -0.05) is 23.4 Å². The normalized spacial score (nSPS) is 18.2. The summed E-state index contributed by atoms with van der Waals surface area (Å²) in [7, 11) is 0. The predicted molar refractivity (Wildman–Crippen MR) is 61.9 cm³/mol. The molecule has 0 spiro atoms. The maximum atomic E-state index is 8.56. The standard InChI is InChI=1S/C12H16N2O2/c1-8(12(13)14-15)16-11-5-3-2-4-10(11)9-6-7-9/h2-5,8-9,15H,6-7H2,1H3,(H2,13,14). The molecule has 2 rings (SSSR count). The lowest BCUT2D eigenvalue weighted by Crippen LogP contribution is -2.31. The summed E-state index contributed by atoms with van der Waals surface area (Å²) in [5.41, 5.74) is 6.70. The smallest absolute Gasteiger partial charge is 0.180 e. The van der Waals surface area contributed by atoms with Crippen molar-refractivity contribution < 1.29 is 9.94 Å². The van der Waals surface area contributed by atoms with Gasteiger partial charge in [0.1, 0.15) is 5.75 Å². The first-order chi connectivity index (χ1) is 7.72. The van der Waals surface area contributed by atoms with E-state index in [0.717, 1.165) is 5.75 Å². The third-order valence-corrected chi connectivity index (χ3v) is 2.77. The summed E-state index contributed by atoms with van der Waals surface area (Å²) in [5.74, 6) is 1.55. The van der Waals surface area contributed by atoms with Crippen LogP contribution < -0.4 is 10.5 Å². The number of nitrogens with two attached hydrogens (primary N) is 1. The Bertz CT molecular complexity index is 400. The predicted octanol–water partition coefficient (Wildman–Crippen LogP) is 2.08. The van der Waals surface area contributed by atoms with E-state index < -0.39 is 6.10 Å². The quantitative estimate of drug-likeness (QED) is 0.353. The van der Waals surface area contributed by atoms with Crippen LogP contribution in [-0.4, -0.2) is 17.1 Å². The SMILES string of the molecule is CC(Oc1ccccc1C1CC1)/C(N)=N/O. The molecule has 1 aliphatic carbocycles. The van der Waals surface area contributed by atoms with Gasteiger partial charge >= 0.3 is 0 Å². The minimum atomic E-state index is -0.412. The molecule has 4 heteroatoms. The number of oxime groups is 1. The molecule has 0 amide bonds. The number of para-hydroxylation sites is 1. The lowest BCUT2D eigenvalue weighted by molar-refractivity contribution is 0.263. The molecule has 4 nitrogen and oxygen atoms in total. The summed E-state index contributed by atoms with van der Waals surface area (Å²) in [6.45, 7) is 1.76. The molecule has 1 fully saturated rings. The molecule has 1 atom stereocenters. The Morgan fingerprint density at radius 3 is 2.81 bits per heavy atom. The van der Waals surface area contributed by atoms with Gasteiger partial charge in [-0.3, -0.25) is 0 Å². The third-order valence-electron chi connectivity index (χ3n) is 2.77. The molecule has 0 aromatic heterocycles. The highest BCUT2D eigenvalue weighted by molar-refractivity contribution is 5.84. The zero-order valence-corrected chi connectivity index (χ0v) is 9.26. The molecule has 3 N–H and O–H groups in total. The first-order valence-corrected chi connectivity index (χ1v) is 5.45. The van der Waals surface area contributed by atoms with E-state index >= 15 is 0 Å². The van der Waals surface area contributed by atoms with Crippen molar-refractivity contribution in [3.05, 3.63) is 29.8 Å². The molecule has 16 heavy (non-hydrogen) atoms. The van der Waals surface area contributed by atoms with Gasteiger partial charge in [0.2, 0.25) is 0 Å². The van der Waals surface area contributed by atoms with Crippen molar-refractivity contribution in [2.45, 2.75) is 31.8 Å². The first-order valence-electron chi connectivity index (χ1n) is 5.45. The summed E-state index contributed by atoms with van der Waals surface area (Å²) in [6, 6.07) is 7.94. The van der Waals surface area contributed by atoms with Gasteiger partial charge in [0, 0.05) is 0 Å². The minimum Gasteiger partial charge on any atom is -0.482 e. The average molecular weight is 220 g/mol. The van der Waals surface area contributed by atoms with Crippen molar-refractivity contribution in [1.82, 2.24) is 0 Å². The van der Waals surface area contributed by atoms with Crippen LogP contribution in [0.25, 0.3) is 0 Å². The molecule has 0 heterocycles. The van der Waals surface area contributed by atoms with E-state index in [1.54, 1.807) is 6.92 Å². The molecule has 1 aliphatic rings. The molecule has 1 aromatic rings. The van der Waals surface area contributed by atoms with Crippen LogP contribution in [-0.2, 0) is 0 Å². The molecule has 0 saturated heterocycles. The van der Waals surface area contributed by atoms with E-state index in [-0.39, 0.29) is 5.84 Å². The van der Waals surface area contributed by atoms with E-state index in [0.29, 0.717) is 5.92 Å². The molecule has 1 saturated carbocycles. The summed E-state index contributed by atoms with van der Waals surface area (Å²) < 4.78 is 5.68. The van der Waals surface area contributed by atoms with Crippen molar-refractivity contribution in [1.29, 1.82) is 0 Å². The van der Waals surface area contributed by atoms with Gasteiger partial charge in [0.05, 0.1) is 0 Å². The molecular weight excluding hydrogens is 204 g/mol. The van der Waals surface area contributed by atoms with Crippen molar-refractivity contribution >= 4 is 5.84 Å². The fourth-order valence-corrected chi connectivity index (χ4v) is 1.65. The van der Waals surface area contributed by atoms with Crippen LogP contribution in [0.2, 0.25) is 0 Å². The lowest BCUT2D eigenvalue weighted by Gasteiger charge is -2.16. The molecule has 1 unspecified atom stereocenters. The van der Waals surface area contributed by atoms with Gasteiger partial charge in [0.15, 0.2) is 11.9 Å². The van der Waals surface area contributed by atoms with Crippen molar-refractivity contribution in [3.8, 4) is 5.75 Å². The van der Waals surface area contributed by atoms with Crippen LogP contribution in [0.5, 0.6) is 5.75 Å². The van der Waals surface area contributed by atoms with Crippen molar-refractivity contribution in [2.24, 2.45) is 10.9 Å². The highest BCUT2D eigenvalue weighted by Crippen LogP contribution is 2.44. The second-order valence-electron chi connectivity index (χ2n) is 4.10. The number of benzene rings is 1. The number of hydrogen-bond donors (Lipinski definition) is 2. The van der Waals surface area contributed by atoms with E-state index in [1.807, 2.05) is 18.2 Å². The van der Waals surface area contributed by atoms with Crippen LogP contribution in [0, 0.1) is 0 Å². The average Bonchev–Trinajstić information content (AvgIpc) is 3.12. The van der Waals surface area contributed by atoms with Crippen LogP contribution in [0.4, 0.5) is 0 Å². The van der Waals surface area contributed by atoms with Crippen LogP contribution in [0.1, 0.15) is 31.2 Å². The molecular formula is C12H16N2O2. The minimum absolute atomic E-state index is 0.0885. The Balaban J connectivity index is 2.14. The molecule has 0 aliphatic heterocycles. The third kappa shape index (κ3) is 2.27. The first kappa shape index (κ1) is 10.8. The second-order valence-corrected chi connectivity index (χ2v) is 4.10. The highest BCUT2D eigenvalue weighted by atomic mass is 16.5. The second kappa shape index (κ2) is 4.43. The zero-order chi connectivity index (χ0) is 11.5. The molecule has 0 radical (unpaired) electrons. The largest absolute Gasteiger partial charge is 0.482 e. The Kier molecular flexibility index (Phi) is 2.99. The summed E-state index contributed by atoms with van der Waals surface area (Å²) in [4.78, 5) is 0. The Morgan fingerprint density at radius 2 is 2.19 bits per heavy atom. The fraction of sp³-hybridized carbons (Fsp3) is 0.417. The van der Waals surface area contributed by atoms with E-state index in [9.17, 15) is 0 Å². The molecule has 1 aromatic carbocycles. The van der Waals surface area contributed by atoms with Crippen molar-refractivity contribution in [3.63, 3.8) is 0 Å². The van der Waals surface area contributed by atoms with Crippen LogP contribution in [0.15, 0.2) is 29.4 Å². The van der Waals surface area contributed by atoms with Crippen LogP contribution in [0.3, 0.4) is 0 Å². The lowest BCUT2D eigenvalue weighted by atomic mass is 10.1. The fourth-order valence-electron chi connectivity index (χ4n) is 1.65. The number of hydrogen-bond acceptors (Lipinski definition) is 3. The Labute approximate surface area is 94.7 Å². The van der Waals surface area contributed by atoms with E-state index in [1.165, 1.54) is 18.4 Å². The number of ether oxygens (including phenoxy) is 1. The maximum absolute atomic E-state index is 8.56. The summed E-state index contributed by atoms with van der Waals surface area (Å²) in [5, 5.41) is 11.5. The van der Waals surface area contributed by atoms with E-state index in [4.69, 9.17) is 15.7 Å². The van der Waals surface area contributed by atoms with Gasteiger partial charge in [-0.15, -0.1) is 0 Å². The summed E-state index contributed by atoms with van der Waals surface area (Å²) >= 11 is 0. The Morgan fingerprint density at radius 1 is 1.50 bits per heavy atom. The number of rotatable bonds is 4. The van der Waals surface area contributed by atoms with Gasteiger partial charge in [-0.05, 0) is 37.3 Å². The van der Waals surface area contributed by atoms with Crippen LogP contribution >= 0.6 is 0 Å². The number of amidine groups is 1. The van der Waals surface area contributed by atoms with Gasteiger partial charge in [-0.25, -0.2) is 0 Å². The maximum Gasteiger partial charge on any atom is 0.180 e. The molecule has 0 bridgehead atoms.